The Kier molecular flexibility index (Phi) is 5.54. The average Bonchev–Trinajstić information content (AvgIpc) is 2.46. The summed E-state index contributed by atoms with van der Waals surface area (Å²) < 4.78 is 0. The molecular weight excluding hydrogens is 244 g/mol. The molecule has 2 N–H and O–H groups in total. The van der Waals surface area contributed by atoms with E-state index in [0.717, 1.165) is 17.6 Å². The second-order valence-corrected chi connectivity index (χ2v) is 5.71. The minimum absolute atomic E-state index is 0.155. The van der Waals surface area contributed by atoms with Crippen LogP contribution in [-0.4, -0.2) is 4.98 Å². The van der Waals surface area contributed by atoms with Crippen LogP contribution in [0.4, 0.5) is 0 Å². The van der Waals surface area contributed by atoms with Gasteiger partial charge in [-0.2, -0.15) is 0 Å². The van der Waals surface area contributed by atoms with Crippen molar-refractivity contribution < 1.29 is 0 Å². The van der Waals surface area contributed by atoms with Crippen LogP contribution in [0.5, 0.6) is 0 Å². The molecule has 0 amide bonds. The van der Waals surface area contributed by atoms with Crippen molar-refractivity contribution >= 4 is 10.9 Å². The quantitative estimate of drug-likeness (QED) is 0.726. The predicted molar refractivity (Wildman–Crippen MR) is 86.8 cm³/mol. The summed E-state index contributed by atoms with van der Waals surface area (Å²) in [5.74, 6) is 0. The van der Waals surface area contributed by atoms with Crippen molar-refractivity contribution in [2.24, 2.45) is 5.73 Å². The maximum Gasteiger partial charge on any atom is 0.0705 e. The molecule has 0 spiro atoms. The van der Waals surface area contributed by atoms with Crippen molar-refractivity contribution in [3.05, 3.63) is 41.6 Å². The van der Waals surface area contributed by atoms with Crippen molar-refractivity contribution in [2.75, 3.05) is 0 Å². The zero-order valence-electron chi connectivity index (χ0n) is 12.7. The SMILES string of the molecule is CCCCCCCC(N)c1ccc2nc(C)ccc2c1. The highest BCUT2D eigenvalue weighted by Gasteiger charge is 2.07. The van der Waals surface area contributed by atoms with Crippen molar-refractivity contribution in [1.82, 2.24) is 4.98 Å². The summed E-state index contributed by atoms with van der Waals surface area (Å²) in [5, 5.41) is 1.19. The summed E-state index contributed by atoms with van der Waals surface area (Å²) in [5.41, 5.74) is 9.66. The van der Waals surface area contributed by atoms with Gasteiger partial charge in [0.15, 0.2) is 0 Å². The average molecular weight is 270 g/mol. The third-order valence-electron chi connectivity index (χ3n) is 3.90. The molecule has 2 rings (SSSR count). The van der Waals surface area contributed by atoms with Gasteiger partial charge >= 0.3 is 0 Å². The van der Waals surface area contributed by atoms with Crippen LogP contribution in [0.15, 0.2) is 30.3 Å². The Balaban J connectivity index is 1.96. The Labute approximate surface area is 122 Å². The number of benzene rings is 1. The first kappa shape index (κ1) is 15.0. The highest BCUT2D eigenvalue weighted by Crippen LogP contribution is 2.22. The molecule has 108 valence electrons. The van der Waals surface area contributed by atoms with Gasteiger partial charge in [0.25, 0.3) is 0 Å². The fourth-order valence-corrected chi connectivity index (χ4v) is 2.61. The molecule has 0 fully saturated rings. The molecule has 2 aromatic rings. The van der Waals surface area contributed by atoms with Crippen molar-refractivity contribution in [2.45, 2.75) is 58.4 Å². The highest BCUT2D eigenvalue weighted by atomic mass is 14.7. The molecule has 1 unspecified atom stereocenters. The van der Waals surface area contributed by atoms with Gasteiger partial charge in [-0.05, 0) is 37.1 Å². The molecule has 0 bridgehead atoms. The molecule has 2 heteroatoms. The number of aryl methyl sites for hydroxylation is 1. The molecule has 0 saturated carbocycles. The smallest absolute Gasteiger partial charge is 0.0705 e. The van der Waals surface area contributed by atoms with E-state index in [2.05, 4.69) is 42.2 Å². The number of nitrogens with zero attached hydrogens (tertiary/aromatic N) is 1. The Hall–Kier alpha value is -1.41. The largest absolute Gasteiger partial charge is 0.324 e. The van der Waals surface area contributed by atoms with Gasteiger partial charge in [0.05, 0.1) is 5.52 Å². The molecule has 1 atom stereocenters. The van der Waals surface area contributed by atoms with Crippen LogP contribution < -0.4 is 5.73 Å². The fraction of sp³-hybridized carbons (Fsp3) is 0.500. The maximum absolute atomic E-state index is 6.31. The van der Waals surface area contributed by atoms with Gasteiger partial charge in [-0.1, -0.05) is 51.2 Å². The number of rotatable bonds is 7. The van der Waals surface area contributed by atoms with E-state index in [1.807, 2.05) is 6.92 Å². The van der Waals surface area contributed by atoms with Gasteiger partial charge in [-0.3, -0.25) is 4.98 Å². The van der Waals surface area contributed by atoms with E-state index in [4.69, 9.17) is 5.73 Å². The topological polar surface area (TPSA) is 38.9 Å². The number of nitrogens with two attached hydrogens (primary N) is 1. The van der Waals surface area contributed by atoms with Crippen LogP contribution in [0.25, 0.3) is 10.9 Å². The second kappa shape index (κ2) is 7.39. The molecule has 20 heavy (non-hydrogen) atoms. The predicted octanol–water partition coefficient (Wildman–Crippen LogP) is 4.90. The molecule has 0 aliphatic rings. The van der Waals surface area contributed by atoms with E-state index in [9.17, 15) is 0 Å². The van der Waals surface area contributed by atoms with Crippen LogP contribution in [0, 0.1) is 6.92 Å². The lowest BCUT2D eigenvalue weighted by atomic mass is 9.99. The Morgan fingerprint density at radius 1 is 1.05 bits per heavy atom. The Morgan fingerprint density at radius 2 is 1.85 bits per heavy atom. The van der Waals surface area contributed by atoms with Crippen LogP contribution in [0.3, 0.4) is 0 Å². The number of hydrogen-bond acceptors (Lipinski definition) is 2. The van der Waals surface area contributed by atoms with Gasteiger partial charge in [0, 0.05) is 17.1 Å². The van der Waals surface area contributed by atoms with E-state index in [1.165, 1.54) is 43.1 Å². The highest BCUT2D eigenvalue weighted by molar-refractivity contribution is 5.79. The normalized spacial score (nSPS) is 12.8. The monoisotopic (exact) mass is 270 g/mol. The number of hydrogen-bond donors (Lipinski definition) is 1. The summed E-state index contributed by atoms with van der Waals surface area (Å²) in [4.78, 5) is 4.53. The summed E-state index contributed by atoms with van der Waals surface area (Å²) in [7, 11) is 0. The molecule has 1 aromatic carbocycles. The van der Waals surface area contributed by atoms with Gasteiger partial charge < -0.3 is 5.73 Å². The zero-order chi connectivity index (χ0) is 14.4. The summed E-state index contributed by atoms with van der Waals surface area (Å²) >= 11 is 0. The Bertz CT molecular complexity index is 548. The molecular formula is C18H26N2. The molecule has 2 nitrogen and oxygen atoms in total. The lowest BCUT2D eigenvalue weighted by Gasteiger charge is -2.13. The third-order valence-corrected chi connectivity index (χ3v) is 3.90. The summed E-state index contributed by atoms with van der Waals surface area (Å²) in [6.45, 7) is 4.27. The molecule has 0 aliphatic heterocycles. The van der Waals surface area contributed by atoms with Crippen LogP contribution >= 0.6 is 0 Å². The molecule has 1 heterocycles. The number of unbranched alkanes of at least 4 members (excludes halogenated alkanes) is 4. The molecule has 0 aliphatic carbocycles. The van der Waals surface area contributed by atoms with Crippen molar-refractivity contribution in [3.8, 4) is 0 Å². The molecule has 1 aromatic heterocycles. The molecule has 0 saturated heterocycles. The van der Waals surface area contributed by atoms with Gasteiger partial charge in [-0.25, -0.2) is 0 Å². The van der Waals surface area contributed by atoms with E-state index in [0.29, 0.717) is 0 Å². The number of pyridine rings is 1. The first-order valence-corrected chi connectivity index (χ1v) is 7.83. The number of fused-ring (bicyclic) bond motifs is 1. The molecule has 0 radical (unpaired) electrons. The van der Waals surface area contributed by atoms with Crippen LogP contribution in [0.2, 0.25) is 0 Å². The lowest BCUT2D eigenvalue weighted by Crippen LogP contribution is -2.10. The maximum atomic E-state index is 6.31. The summed E-state index contributed by atoms with van der Waals surface area (Å²) in [6.07, 6.45) is 7.58. The van der Waals surface area contributed by atoms with E-state index in [1.54, 1.807) is 0 Å². The lowest BCUT2D eigenvalue weighted by molar-refractivity contribution is 0.555. The minimum Gasteiger partial charge on any atom is -0.324 e. The third kappa shape index (κ3) is 4.04. The van der Waals surface area contributed by atoms with Crippen LogP contribution in [-0.2, 0) is 0 Å². The first-order chi connectivity index (χ1) is 9.70. The van der Waals surface area contributed by atoms with E-state index >= 15 is 0 Å². The van der Waals surface area contributed by atoms with Gasteiger partial charge in [0.1, 0.15) is 0 Å². The second-order valence-electron chi connectivity index (χ2n) is 5.71. The van der Waals surface area contributed by atoms with Crippen molar-refractivity contribution in [3.63, 3.8) is 0 Å². The van der Waals surface area contributed by atoms with E-state index < -0.39 is 0 Å². The zero-order valence-corrected chi connectivity index (χ0v) is 12.7. The van der Waals surface area contributed by atoms with E-state index in [-0.39, 0.29) is 6.04 Å². The Morgan fingerprint density at radius 3 is 2.65 bits per heavy atom. The first-order valence-electron chi connectivity index (χ1n) is 7.83. The standard InChI is InChI=1S/C18H26N2/c1-3-4-5-6-7-8-17(19)15-11-12-18-16(13-15)10-9-14(2)20-18/h9-13,17H,3-8,19H2,1-2H3. The minimum atomic E-state index is 0.155. The van der Waals surface area contributed by atoms with Gasteiger partial charge in [0.2, 0.25) is 0 Å². The van der Waals surface area contributed by atoms with Crippen molar-refractivity contribution in [1.29, 1.82) is 0 Å². The number of aromatic nitrogens is 1. The summed E-state index contributed by atoms with van der Waals surface area (Å²) in [6, 6.07) is 10.8. The van der Waals surface area contributed by atoms with Gasteiger partial charge in [-0.15, -0.1) is 0 Å². The van der Waals surface area contributed by atoms with Crippen LogP contribution in [0.1, 0.15) is 62.7 Å². The fourth-order valence-electron chi connectivity index (χ4n) is 2.61.